The molecule has 2 amide bonds. The van der Waals surface area contributed by atoms with Gasteiger partial charge in [-0.05, 0) is 62.4 Å². The van der Waals surface area contributed by atoms with E-state index in [0.717, 1.165) is 38.0 Å². The molecule has 2 heterocycles. The highest BCUT2D eigenvalue weighted by molar-refractivity contribution is 5.96. The highest BCUT2D eigenvalue weighted by Gasteiger charge is 2.42. The summed E-state index contributed by atoms with van der Waals surface area (Å²) in [5.41, 5.74) is 3.41. The summed E-state index contributed by atoms with van der Waals surface area (Å²) in [7, 11) is 0. The Bertz CT molecular complexity index is 1080. The van der Waals surface area contributed by atoms with E-state index in [1.54, 1.807) is 6.08 Å². The number of rotatable bonds is 3. The van der Waals surface area contributed by atoms with E-state index < -0.39 is 0 Å². The number of anilines is 1. The van der Waals surface area contributed by atoms with E-state index >= 15 is 0 Å². The maximum Gasteiger partial charge on any atom is 0.286 e. The molecule has 0 aromatic heterocycles. The minimum absolute atomic E-state index is 0.0671. The number of nitrogens with zero attached hydrogens (tertiary/aromatic N) is 2. The van der Waals surface area contributed by atoms with Crippen LogP contribution in [0.5, 0.6) is 0 Å². The molecular weight excluding hydrogens is 426 g/mol. The van der Waals surface area contributed by atoms with Gasteiger partial charge in [-0.15, -0.1) is 0 Å². The Balaban J connectivity index is 1.19. The Kier molecular flexibility index (Phi) is 6.31. The molecule has 178 valence electrons. The minimum atomic E-state index is -0.196. The fraction of sp³-hybridized carbons (Fsp3) is 0.429. The second-order valence-electron chi connectivity index (χ2n) is 9.83. The van der Waals surface area contributed by atoms with Crippen molar-refractivity contribution in [3.8, 4) is 0 Å². The van der Waals surface area contributed by atoms with Crippen molar-refractivity contribution in [3.05, 3.63) is 71.5 Å². The molecule has 6 heteroatoms. The largest absolute Gasteiger partial charge is 0.483 e. The highest BCUT2D eigenvalue weighted by atomic mass is 16.5. The van der Waals surface area contributed by atoms with Gasteiger partial charge in [0.25, 0.3) is 5.91 Å². The van der Waals surface area contributed by atoms with Gasteiger partial charge in [-0.3, -0.25) is 9.59 Å². The van der Waals surface area contributed by atoms with Crippen molar-refractivity contribution < 1.29 is 14.3 Å². The second kappa shape index (κ2) is 9.53. The van der Waals surface area contributed by atoms with Crippen LogP contribution in [0.25, 0.3) is 6.08 Å². The fourth-order valence-corrected chi connectivity index (χ4v) is 5.52. The van der Waals surface area contributed by atoms with Crippen LogP contribution < -0.4 is 10.2 Å². The number of morpholine rings is 1. The summed E-state index contributed by atoms with van der Waals surface area (Å²) in [6, 6.07) is 18.4. The van der Waals surface area contributed by atoms with Crippen LogP contribution in [0, 0.1) is 12.8 Å². The lowest BCUT2D eigenvalue weighted by molar-refractivity contribution is -0.142. The lowest BCUT2D eigenvalue weighted by atomic mass is 9.82. The number of ether oxygens (including phenoxy) is 1. The summed E-state index contributed by atoms with van der Waals surface area (Å²) in [4.78, 5) is 30.5. The first-order valence-electron chi connectivity index (χ1n) is 12.3. The third-order valence-corrected chi connectivity index (χ3v) is 7.32. The molecule has 0 radical (unpaired) electrons. The first kappa shape index (κ1) is 22.5. The van der Waals surface area contributed by atoms with Gasteiger partial charge in [0.1, 0.15) is 6.10 Å². The predicted octanol–water partition coefficient (Wildman–Crippen LogP) is 3.76. The number of nitrogens with one attached hydrogen (secondary N) is 1. The summed E-state index contributed by atoms with van der Waals surface area (Å²) in [6.45, 7) is 6.59. The molecule has 1 aliphatic carbocycles. The lowest BCUT2D eigenvalue weighted by Gasteiger charge is -2.44. The molecule has 3 aliphatic rings. The number of aryl methyl sites for hydroxylation is 1. The fourth-order valence-electron chi connectivity index (χ4n) is 5.52. The second-order valence-corrected chi connectivity index (χ2v) is 9.83. The molecule has 1 saturated carbocycles. The quantitative estimate of drug-likeness (QED) is 0.710. The van der Waals surface area contributed by atoms with Crippen molar-refractivity contribution in [2.24, 2.45) is 5.92 Å². The van der Waals surface area contributed by atoms with Crippen LogP contribution in [-0.2, 0) is 14.3 Å². The summed E-state index contributed by atoms with van der Waals surface area (Å²) >= 11 is 0. The molecule has 34 heavy (non-hydrogen) atoms. The smallest absolute Gasteiger partial charge is 0.286 e. The van der Waals surface area contributed by atoms with E-state index in [0.29, 0.717) is 12.2 Å². The van der Waals surface area contributed by atoms with E-state index in [1.165, 1.54) is 11.3 Å². The Morgan fingerprint density at radius 2 is 1.91 bits per heavy atom. The van der Waals surface area contributed by atoms with Gasteiger partial charge in [-0.25, -0.2) is 0 Å². The van der Waals surface area contributed by atoms with Crippen molar-refractivity contribution in [3.63, 3.8) is 0 Å². The lowest BCUT2D eigenvalue weighted by Crippen LogP contribution is -2.58. The number of carbonyl (C=O) groups is 2. The summed E-state index contributed by atoms with van der Waals surface area (Å²) in [5.74, 6) is 0.313. The molecule has 3 fully saturated rings. The zero-order chi connectivity index (χ0) is 23.7. The Morgan fingerprint density at radius 3 is 2.68 bits per heavy atom. The molecule has 1 N–H and O–H groups in total. The van der Waals surface area contributed by atoms with Crippen molar-refractivity contribution in [2.45, 2.75) is 51.3 Å². The van der Waals surface area contributed by atoms with Crippen molar-refractivity contribution in [2.75, 3.05) is 24.5 Å². The van der Waals surface area contributed by atoms with Gasteiger partial charge in [0.05, 0.1) is 6.04 Å². The number of fused-ring (bicyclic) bond motifs is 1. The van der Waals surface area contributed by atoms with Crippen LogP contribution in [-0.4, -0.2) is 54.5 Å². The van der Waals surface area contributed by atoms with E-state index in [-0.39, 0.29) is 35.9 Å². The van der Waals surface area contributed by atoms with Crippen LogP contribution in [0.1, 0.15) is 37.3 Å². The number of hydrogen-bond donors (Lipinski definition) is 1. The minimum Gasteiger partial charge on any atom is -0.483 e. The molecular formula is C28H33N3O3. The molecule has 2 saturated heterocycles. The van der Waals surface area contributed by atoms with Crippen molar-refractivity contribution in [1.82, 2.24) is 10.2 Å². The number of piperazine rings is 1. The van der Waals surface area contributed by atoms with E-state index in [4.69, 9.17) is 4.74 Å². The van der Waals surface area contributed by atoms with Gasteiger partial charge in [0.15, 0.2) is 5.76 Å². The van der Waals surface area contributed by atoms with Crippen LogP contribution in [0.3, 0.4) is 0 Å². The molecule has 2 aliphatic heterocycles. The molecule has 4 atom stereocenters. The van der Waals surface area contributed by atoms with Crippen LogP contribution >= 0.6 is 0 Å². The average Bonchev–Trinajstić information content (AvgIpc) is 2.84. The molecule has 4 unspecified atom stereocenters. The standard InChI is InChI=1S/C28H33N3O3/c1-19-7-6-10-23(15-19)31-14-13-30(18-20(31)2)28(33)22-11-12-25-24(17-22)29-27(32)26(34-25)16-21-8-4-3-5-9-21/h3-10,15-16,20,22,24-25H,11-14,17-18H2,1-2H3,(H,29,32)/b26-16-. The summed E-state index contributed by atoms with van der Waals surface area (Å²) in [6.07, 6.45) is 3.92. The molecule has 0 bridgehead atoms. The van der Waals surface area contributed by atoms with Gasteiger partial charge < -0.3 is 19.9 Å². The monoisotopic (exact) mass is 459 g/mol. The molecule has 6 nitrogen and oxygen atoms in total. The Morgan fingerprint density at radius 1 is 1.09 bits per heavy atom. The zero-order valence-corrected chi connectivity index (χ0v) is 19.9. The third-order valence-electron chi connectivity index (χ3n) is 7.32. The Hall–Kier alpha value is -3.28. The Labute approximate surface area is 201 Å². The van der Waals surface area contributed by atoms with Crippen LogP contribution in [0.2, 0.25) is 0 Å². The molecule has 2 aromatic rings. The SMILES string of the molecule is Cc1cccc(N2CCN(C(=O)C3CCC4O/C(=C\c5ccccc5)C(=O)NC4C3)CC2C)c1. The van der Waals surface area contributed by atoms with Gasteiger partial charge in [0.2, 0.25) is 5.91 Å². The first-order valence-corrected chi connectivity index (χ1v) is 12.3. The van der Waals surface area contributed by atoms with Crippen LogP contribution in [0.15, 0.2) is 60.4 Å². The maximum atomic E-state index is 13.4. The maximum absolute atomic E-state index is 13.4. The number of carbonyl (C=O) groups excluding carboxylic acids is 2. The van der Waals surface area contributed by atoms with Gasteiger partial charge >= 0.3 is 0 Å². The first-order chi connectivity index (χ1) is 16.5. The normalized spacial score (nSPS) is 28.2. The van der Waals surface area contributed by atoms with Crippen LogP contribution in [0.4, 0.5) is 5.69 Å². The average molecular weight is 460 g/mol. The predicted molar refractivity (Wildman–Crippen MR) is 133 cm³/mol. The van der Waals surface area contributed by atoms with Gasteiger partial charge in [0, 0.05) is 37.3 Å². The molecule has 2 aromatic carbocycles. The van der Waals surface area contributed by atoms with Crippen molar-refractivity contribution >= 4 is 23.6 Å². The molecule has 0 spiro atoms. The molecule has 5 rings (SSSR count). The van der Waals surface area contributed by atoms with Crippen molar-refractivity contribution in [1.29, 1.82) is 0 Å². The van der Waals surface area contributed by atoms with Gasteiger partial charge in [-0.2, -0.15) is 0 Å². The zero-order valence-electron chi connectivity index (χ0n) is 19.9. The summed E-state index contributed by atoms with van der Waals surface area (Å²) in [5, 5.41) is 3.11. The van der Waals surface area contributed by atoms with E-state index in [9.17, 15) is 9.59 Å². The van der Waals surface area contributed by atoms with E-state index in [1.807, 2.05) is 35.2 Å². The van der Waals surface area contributed by atoms with Gasteiger partial charge in [-0.1, -0.05) is 42.5 Å². The number of benzene rings is 2. The number of amides is 2. The topological polar surface area (TPSA) is 61.9 Å². The summed E-state index contributed by atoms with van der Waals surface area (Å²) < 4.78 is 6.09. The number of hydrogen-bond acceptors (Lipinski definition) is 4. The highest BCUT2D eigenvalue weighted by Crippen LogP contribution is 2.33. The third kappa shape index (κ3) is 4.67. The van der Waals surface area contributed by atoms with E-state index in [2.05, 4.69) is 48.3 Å².